The summed E-state index contributed by atoms with van der Waals surface area (Å²) in [6.07, 6.45) is 0. The number of thiocarbonyl (C=S) groups is 1. The fourth-order valence-corrected chi connectivity index (χ4v) is 0. The third-order valence-corrected chi connectivity index (χ3v) is 0.549. The Labute approximate surface area is 56.5 Å². The maximum Gasteiger partial charge on any atom is 0.353 e. The van der Waals surface area contributed by atoms with Gasteiger partial charge in [-0.2, -0.15) is 0 Å². The summed E-state index contributed by atoms with van der Waals surface area (Å²) >= 11 is 7.41. The Balaban J connectivity index is -0.000000125. The van der Waals surface area contributed by atoms with Gasteiger partial charge in [-0.1, -0.05) is 12.2 Å². The molecule has 0 spiro atoms. The van der Waals surface area contributed by atoms with E-state index in [1.54, 1.807) is 0 Å². The Bertz CT molecular complexity index is 78.0. The van der Waals surface area contributed by atoms with Gasteiger partial charge in [0.15, 0.2) is 4.20 Å². The molecule has 0 aromatic carbocycles. The maximum atomic E-state index is 9.48. The lowest BCUT2D eigenvalue weighted by atomic mass is 10.8. The van der Waals surface area contributed by atoms with Crippen LogP contribution in [0.5, 0.6) is 0 Å². The van der Waals surface area contributed by atoms with Crippen LogP contribution in [0.2, 0.25) is 0 Å². The van der Waals surface area contributed by atoms with E-state index in [-0.39, 0.29) is 15.1 Å². The summed E-state index contributed by atoms with van der Waals surface area (Å²) in [6, 6.07) is 0. The van der Waals surface area contributed by atoms with E-state index in [1.165, 1.54) is 0 Å². The van der Waals surface area contributed by atoms with E-state index in [0.29, 0.717) is 0 Å². The van der Waals surface area contributed by atoms with Crippen LogP contribution in [0, 0.1) is 0 Å². The van der Waals surface area contributed by atoms with Crippen molar-refractivity contribution in [2.75, 3.05) is 0 Å². The van der Waals surface area contributed by atoms with Crippen molar-refractivity contribution in [1.82, 2.24) is 0 Å². The second-order valence-corrected chi connectivity index (χ2v) is 1.77. The number of thiol groups is 1. The van der Waals surface area contributed by atoms with E-state index in [4.69, 9.17) is 5.11 Å². The molecule has 0 heterocycles. The largest absolute Gasteiger partial charge is 0.477 e. The smallest absolute Gasteiger partial charge is 0.353 e. The van der Waals surface area contributed by atoms with Crippen LogP contribution in [0.3, 0.4) is 0 Å². The first kappa shape index (κ1) is 15.7. The van der Waals surface area contributed by atoms with Crippen molar-refractivity contribution in [2.24, 2.45) is 0 Å². The van der Waals surface area contributed by atoms with E-state index in [0.717, 1.165) is 0 Å². The fraction of sp³-hybridized carbons (Fsp3) is 0. The van der Waals surface area contributed by atoms with Crippen LogP contribution >= 0.6 is 24.8 Å². The highest BCUT2D eigenvalue weighted by atomic mass is 32.1. The van der Waals surface area contributed by atoms with Gasteiger partial charge in [-0.3, -0.25) is 0 Å². The minimum atomic E-state index is -1.15. The van der Waals surface area contributed by atoms with Gasteiger partial charge >= 0.3 is 5.97 Å². The summed E-state index contributed by atoms with van der Waals surface area (Å²) < 4.78 is -0.296. The molecule has 0 aliphatic heterocycles. The van der Waals surface area contributed by atoms with Gasteiger partial charge in [0.2, 0.25) is 0 Å². The van der Waals surface area contributed by atoms with Crippen LogP contribution in [0.15, 0.2) is 0 Å². The highest BCUT2D eigenvalue weighted by Gasteiger charge is 1.94. The van der Waals surface area contributed by atoms with Crippen LogP contribution in [0.4, 0.5) is 0 Å². The third kappa shape index (κ3) is 9.27. The highest BCUT2D eigenvalue weighted by molar-refractivity contribution is 8.13. The number of carbonyl (C=O) groups is 1. The molecule has 50 valence electrons. The van der Waals surface area contributed by atoms with Gasteiger partial charge in [-0.25, -0.2) is 4.79 Å². The molecular weight excluding hydrogens is 152 g/mol. The maximum absolute atomic E-state index is 9.48. The molecule has 0 amide bonds. The second kappa shape index (κ2) is 6.83. The van der Waals surface area contributed by atoms with Crippen molar-refractivity contribution < 1.29 is 20.9 Å². The SMILES string of the molecule is O.O.O=C(O)C(=S)S. The van der Waals surface area contributed by atoms with E-state index >= 15 is 0 Å². The Morgan fingerprint density at radius 2 is 1.62 bits per heavy atom. The van der Waals surface area contributed by atoms with E-state index in [2.05, 4.69) is 24.8 Å². The first-order chi connectivity index (χ1) is 2.64. The topological polar surface area (TPSA) is 100 Å². The van der Waals surface area contributed by atoms with E-state index in [1.807, 2.05) is 0 Å². The average molecular weight is 158 g/mol. The molecule has 0 aliphatic carbocycles. The molecule has 0 saturated heterocycles. The number of carboxylic acid groups (broad SMARTS) is 1. The van der Waals surface area contributed by atoms with Gasteiger partial charge < -0.3 is 16.1 Å². The van der Waals surface area contributed by atoms with Crippen LogP contribution in [-0.2, 0) is 4.79 Å². The molecule has 0 aliphatic rings. The number of rotatable bonds is 1. The lowest BCUT2D eigenvalue weighted by Crippen LogP contribution is -2.00. The van der Waals surface area contributed by atoms with Crippen LogP contribution in [-0.4, -0.2) is 26.2 Å². The predicted molar refractivity (Wildman–Crippen MR) is 36.4 cm³/mol. The minimum absolute atomic E-state index is 0. The molecule has 5 N–H and O–H groups in total. The Kier molecular flexibility index (Phi) is 13.4. The average Bonchev–Trinajstić information content (AvgIpc) is 1.36. The van der Waals surface area contributed by atoms with Crippen LogP contribution < -0.4 is 0 Å². The molecule has 8 heavy (non-hydrogen) atoms. The van der Waals surface area contributed by atoms with Crippen molar-refractivity contribution in [1.29, 1.82) is 0 Å². The normalized spacial score (nSPS) is 5.62. The standard InChI is InChI=1S/C2H2O2S2.2H2O/c3-1(4)2(5)6;;/h(H,3,4)(H,5,6);2*1H2. The molecule has 6 heteroatoms. The number of hydrogen-bond donors (Lipinski definition) is 2. The molecule has 0 unspecified atom stereocenters. The van der Waals surface area contributed by atoms with Crippen LogP contribution in [0.1, 0.15) is 0 Å². The lowest BCUT2D eigenvalue weighted by molar-refractivity contribution is -0.128. The molecule has 0 radical (unpaired) electrons. The van der Waals surface area contributed by atoms with Crippen LogP contribution in [0.25, 0.3) is 0 Å². The van der Waals surface area contributed by atoms with Gasteiger partial charge in [0.05, 0.1) is 0 Å². The van der Waals surface area contributed by atoms with Crippen molar-refractivity contribution in [3.63, 3.8) is 0 Å². The monoisotopic (exact) mass is 158 g/mol. The van der Waals surface area contributed by atoms with Crippen molar-refractivity contribution >= 4 is 35.0 Å². The molecule has 4 nitrogen and oxygen atoms in total. The molecule has 0 bridgehead atoms. The van der Waals surface area contributed by atoms with Gasteiger partial charge in [-0.15, -0.1) is 12.6 Å². The van der Waals surface area contributed by atoms with Gasteiger partial charge in [0, 0.05) is 0 Å². The zero-order valence-electron chi connectivity index (χ0n) is 3.71. The summed E-state index contributed by atoms with van der Waals surface area (Å²) in [5.74, 6) is -1.15. The summed E-state index contributed by atoms with van der Waals surface area (Å²) in [7, 11) is 0. The molecular formula is C2H6O4S2. The van der Waals surface area contributed by atoms with Crippen molar-refractivity contribution in [3.8, 4) is 0 Å². The highest BCUT2D eigenvalue weighted by Crippen LogP contribution is 1.79. The number of carboxylic acids is 1. The second-order valence-electron chi connectivity index (χ2n) is 0.610. The zero-order valence-corrected chi connectivity index (χ0v) is 5.42. The summed E-state index contributed by atoms with van der Waals surface area (Å²) in [5.41, 5.74) is 0. The molecule has 0 rings (SSSR count). The molecule has 0 aromatic heterocycles. The molecule has 0 saturated carbocycles. The van der Waals surface area contributed by atoms with Gasteiger partial charge in [0.1, 0.15) is 0 Å². The van der Waals surface area contributed by atoms with Crippen molar-refractivity contribution in [2.45, 2.75) is 0 Å². The molecule has 0 fully saturated rings. The summed E-state index contributed by atoms with van der Waals surface area (Å²) in [6.45, 7) is 0. The Hall–Kier alpha value is -0.170. The summed E-state index contributed by atoms with van der Waals surface area (Å²) in [5, 5.41) is 7.77. The lowest BCUT2D eigenvalue weighted by Gasteiger charge is -1.76. The van der Waals surface area contributed by atoms with E-state index in [9.17, 15) is 4.79 Å². The quantitative estimate of drug-likeness (QED) is 0.365. The number of hydrogen-bond acceptors (Lipinski definition) is 2. The minimum Gasteiger partial charge on any atom is -0.477 e. The Morgan fingerprint density at radius 3 is 1.62 bits per heavy atom. The van der Waals surface area contributed by atoms with Gasteiger partial charge in [-0.05, 0) is 0 Å². The third-order valence-electron chi connectivity index (χ3n) is 0.183. The predicted octanol–water partition coefficient (Wildman–Crippen LogP) is -1.32. The Morgan fingerprint density at radius 1 is 1.50 bits per heavy atom. The molecule has 0 atom stereocenters. The first-order valence-electron chi connectivity index (χ1n) is 1.11. The van der Waals surface area contributed by atoms with Crippen molar-refractivity contribution in [3.05, 3.63) is 0 Å². The number of aliphatic carboxylic acids is 1. The fourth-order valence-electron chi connectivity index (χ4n) is 0. The zero-order chi connectivity index (χ0) is 5.15. The van der Waals surface area contributed by atoms with E-state index < -0.39 is 5.97 Å². The van der Waals surface area contributed by atoms with Gasteiger partial charge in [0.25, 0.3) is 0 Å². The first-order valence-corrected chi connectivity index (χ1v) is 1.96. The summed E-state index contributed by atoms with van der Waals surface area (Å²) in [4.78, 5) is 9.48. The molecule has 0 aromatic rings.